The van der Waals surface area contributed by atoms with E-state index in [9.17, 15) is 0 Å². The molecule has 0 bridgehead atoms. The number of nitrogens with zero attached hydrogens (tertiary/aromatic N) is 4. The van der Waals surface area contributed by atoms with Crippen molar-refractivity contribution in [3.63, 3.8) is 0 Å². The van der Waals surface area contributed by atoms with Crippen LogP contribution >= 0.6 is 11.8 Å². The molecule has 118 valence electrons. The van der Waals surface area contributed by atoms with Crippen molar-refractivity contribution in [1.29, 1.82) is 0 Å². The van der Waals surface area contributed by atoms with Crippen molar-refractivity contribution in [1.82, 2.24) is 15.0 Å². The first-order valence-corrected chi connectivity index (χ1v) is 8.64. The van der Waals surface area contributed by atoms with Crippen molar-refractivity contribution in [2.24, 2.45) is 5.84 Å². The fourth-order valence-corrected chi connectivity index (χ4v) is 3.57. The molecule has 21 heavy (non-hydrogen) atoms. The number of hydrogen-bond acceptors (Lipinski definition) is 8. The second-order valence-corrected chi connectivity index (χ2v) is 6.38. The van der Waals surface area contributed by atoms with Crippen LogP contribution in [0.2, 0.25) is 0 Å². The van der Waals surface area contributed by atoms with Gasteiger partial charge in [0.15, 0.2) is 0 Å². The van der Waals surface area contributed by atoms with E-state index in [0.29, 0.717) is 23.1 Å². The van der Waals surface area contributed by atoms with E-state index in [4.69, 9.17) is 5.84 Å². The molecule has 1 aliphatic rings. The number of hydrogen-bond donors (Lipinski definition) is 3. The lowest BCUT2D eigenvalue weighted by Gasteiger charge is -2.22. The summed E-state index contributed by atoms with van der Waals surface area (Å²) < 4.78 is 0. The highest BCUT2D eigenvalue weighted by Gasteiger charge is 2.15. The molecule has 7 nitrogen and oxygen atoms in total. The van der Waals surface area contributed by atoms with Crippen LogP contribution < -0.4 is 21.5 Å². The smallest absolute Gasteiger partial charge is 0.243 e. The third-order valence-electron chi connectivity index (χ3n) is 3.56. The van der Waals surface area contributed by atoms with Gasteiger partial charge in [-0.3, -0.25) is 5.43 Å². The summed E-state index contributed by atoms with van der Waals surface area (Å²) in [5.41, 5.74) is 2.51. The normalized spacial score (nSPS) is 18.3. The third-order valence-corrected chi connectivity index (χ3v) is 4.96. The maximum Gasteiger partial charge on any atom is 0.243 e. The number of hydrazine groups is 1. The molecule has 0 spiro atoms. The van der Waals surface area contributed by atoms with Gasteiger partial charge in [-0.25, -0.2) is 5.84 Å². The lowest BCUT2D eigenvalue weighted by molar-refractivity contribution is 0.675. The van der Waals surface area contributed by atoms with Crippen LogP contribution in [-0.2, 0) is 0 Å². The number of thioether (sulfide) groups is 1. The van der Waals surface area contributed by atoms with Crippen LogP contribution in [0.5, 0.6) is 0 Å². The zero-order valence-electron chi connectivity index (χ0n) is 12.8. The molecule has 2 rings (SSSR count). The third kappa shape index (κ3) is 4.60. The molecule has 1 aromatic rings. The molecule has 0 aliphatic carbocycles. The van der Waals surface area contributed by atoms with Crippen LogP contribution in [0.4, 0.5) is 17.8 Å². The van der Waals surface area contributed by atoms with Gasteiger partial charge in [0.05, 0.1) is 0 Å². The largest absolute Gasteiger partial charge is 0.353 e. The number of aromatic nitrogens is 3. The Morgan fingerprint density at radius 3 is 2.57 bits per heavy atom. The van der Waals surface area contributed by atoms with Crippen LogP contribution in [0, 0.1) is 0 Å². The van der Waals surface area contributed by atoms with Crippen molar-refractivity contribution in [3.8, 4) is 0 Å². The molecule has 0 radical (unpaired) electrons. The van der Waals surface area contributed by atoms with E-state index in [0.717, 1.165) is 19.6 Å². The quantitative estimate of drug-likeness (QED) is 0.518. The number of nitrogens with one attached hydrogen (secondary N) is 2. The van der Waals surface area contributed by atoms with Gasteiger partial charge in [-0.2, -0.15) is 26.7 Å². The first-order valence-electron chi connectivity index (χ1n) is 7.60. The molecule has 0 amide bonds. The van der Waals surface area contributed by atoms with Gasteiger partial charge >= 0.3 is 0 Å². The van der Waals surface area contributed by atoms with Gasteiger partial charge in [0.25, 0.3) is 0 Å². The van der Waals surface area contributed by atoms with E-state index in [1.165, 1.54) is 25.0 Å². The second-order valence-electron chi connectivity index (χ2n) is 4.97. The van der Waals surface area contributed by atoms with Crippen LogP contribution in [0.3, 0.4) is 0 Å². The first-order chi connectivity index (χ1) is 10.3. The van der Waals surface area contributed by atoms with E-state index >= 15 is 0 Å². The molecule has 1 aromatic heterocycles. The topological polar surface area (TPSA) is 92.0 Å². The Hall–Kier alpha value is -1.28. The van der Waals surface area contributed by atoms with E-state index < -0.39 is 0 Å². The highest BCUT2D eigenvalue weighted by atomic mass is 32.2. The average Bonchev–Trinajstić information content (AvgIpc) is 2.55. The lowest BCUT2D eigenvalue weighted by atomic mass is 10.2. The Bertz CT molecular complexity index is 433. The SMILES string of the molecule is CCN(CC)c1nc(NN)nc(NCC2CCCCS2)n1. The fraction of sp³-hybridized carbons (Fsp3) is 0.769. The molecule has 1 unspecified atom stereocenters. The van der Waals surface area contributed by atoms with Crippen molar-refractivity contribution in [2.75, 3.05) is 41.0 Å². The molecule has 8 heteroatoms. The predicted octanol–water partition coefficient (Wildman–Crippen LogP) is 1.70. The highest BCUT2D eigenvalue weighted by molar-refractivity contribution is 7.99. The minimum absolute atomic E-state index is 0.394. The van der Waals surface area contributed by atoms with Crippen molar-refractivity contribution < 1.29 is 0 Å². The van der Waals surface area contributed by atoms with E-state index in [2.05, 4.69) is 44.4 Å². The van der Waals surface area contributed by atoms with Crippen molar-refractivity contribution >= 4 is 29.6 Å². The summed E-state index contributed by atoms with van der Waals surface area (Å²) in [6, 6.07) is 0. The number of rotatable bonds is 7. The van der Waals surface area contributed by atoms with Crippen LogP contribution in [-0.4, -0.2) is 45.6 Å². The number of anilines is 3. The minimum atomic E-state index is 0.394. The van der Waals surface area contributed by atoms with Gasteiger partial charge in [-0.1, -0.05) is 6.42 Å². The Kier molecular flexibility index (Phi) is 6.31. The molecule has 4 N–H and O–H groups in total. The Morgan fingerprint density at radius 2 is 1.95 bits per heavy atom. The molecular formula is C13H25N7S. The molecule has 1 saturated heterocycles. The zero-order chi connectivity index (χ0) is 15.1. The first kappa shape index (κ1) is 16.1. The molecule has 0 aromatic carbocycles. The van der Waals surface area contributed by atoms with Crippen LogP contribution in [0.1, 0.15) is 33.1 Å². The summed E-state index contributed by atoms with van der Waals surface area (Å²) in [6.45, 7) is 6.74. The van der Waals surface area contributed by atoms with Crippen molar-refractivity contribution in [2.45, 2.75) is 38.4 Å². The number of nitrogens with two attached hydrogens (primary N) is 1. The Labute approximate surface area is 130 Å². The van der Waals surface area contributed by atoms with Crippen molar-refractivity contribution in [3.05, 3.63) is 0 Å². The van der Waals surface area contributed by atoms with E-state index in [-0.39, 0.29) is 0 Å². The Balaban J connectivity index is 2.04. The average molecular weight is 311 g/mol. The second kappa shape index (κ2) is 8.23. The monoisotopic (exact) mass is 311 g/mol. The lowest BCUT2D eigenvalue weighted by Crippen LogP contribution is -2.27. The Morgan fingerprint density at radius 1 is 1.19 bits per heavy atom. The molecule has 1 aliphatic heterocycles. The van der Waals surface area contributed by atoms with Crippen LogP contribution in [0.25, 0.3) is 0 Å². The molecule has 1 fully saturated rings. The standard InChI is InChI=1S/C13H25N7S/c1-3-20(4-2)13-17-11(16-12(18-13)19-14)15-9-10-7-5-6-8-21-10/h10H,3-9,14H2,1-2H3,(H2,15,16,17,18,19). The van der Waals surface area contributed by atoms with E-state index in [1.54, 1.807) is 0 Å². The van der Waals surface area contributed by atoms with E-state index in [1.807, 2.05) is 11.8 Å². The summed E-state index contributed by atoms with van der Waals surface area (Å²) in [7, 11) is 0. The predicted molar refractivity (Wildman–Crippen MR) is 89.8 cm³/mol. The molecule has 0 saturated carbocycles. The van der Waals surface area contributed by atoms with Gasteiger partial charge in [-0.15, -0.1) is 0 Å². The summed E-state index contributed by atoms with van der Waals surface area (Å²) in [5, 5.41) is 3.97. The maximum atomic E-state index is 5.46. The molecule has 1 atom stereocenters. The fourth-order valence-electron chi connectivity index (χ4n) is 2.33. The molecular weight excluding hydrogens is 286 g/mol. The minimum Gasteiger partial charge on any atom is -0.353 e. The van der Waals surface area contributed by atoms with Gasteiger partial charge in [0, 0.05) is 24.9 Å². The van der Waals surface area contributed by atoms with Gasteiger partial charge in [0.1, 0.15) is 0 Å². The number of nitrogen functional groups attached to an aromatic ring is 1. The maximum absolute atomic E-state index is 5.46. The molecule has 2 heterocycles. The van der Waals surface area contributed by atoms with Gasteiger partial charge in [-0.05, 0) is 32.4 Å². The zero-order valence-corrected chi connectivity index (χ0v) is 13.6. The summed E-state index contributed by atoms with van der Waals surface area (Å²) >= 11 is 2.03. The summed E-state index contributed by atoms with van der Waals surface area (Å²) in [4.78, 5) is 15.2. The van der Waals surface area contributed by atoms with Crippen LogP contribution in [0.15, 0.2) is 0 Å². The summed E-state index contributed by atoms with van der Waals surface area (Å²) in [6.07, 6.45) is 3.91. The highest BCUT2D eigenvalue weighted by Crippen LogP contribution is 2.25. The van der Waals surface area contributed by atoms with Gasteiger partial charge < -0.3 is 10.2 Å². The summed E-state index contributed by atoms with van der Waals surface area (Å²) in [5.74, 6) is 8.35. The van der Waals surface area contributed by atoms with Gasteiger partial charge in [0.2, 0.25) is 17.8 Å².